The quantitative estimate of drug-likeness (QED) is 0.126. The normalized spacial score (nSPS) is 10.9. The van der Waals surface area contributed by atoms with Crippen molar-refractivity contribution in [3.63, 3.8) is 0 Å². The fourth-order valence-corrected chi connectivity index (χ4v) is 5.51. The predicted molar refractivity (Wildman–Crippen MR) is 156 cm³/mol. The maximum Gasteiger partial charge on any atom is 0.477 e. The first-order valence-electron chi connectivity index (χ1n) is 13.4. The third-order valence-corrected chi connectivity index (χ3v) is 7.32. The van der Waals surface area contributed by atoms with Gasteiger partial charge in [-0.25, -0.2) is 0 Å². The van der Waals surface area contributed by atoms with Crippen molar-refractivity contribution in [2.45, 2.75) is 39.5 Å². The van der Waals surface area contributed by atoms with E-state index in [4.69, 9.17) is 28.6 Å². The maximum atomic E-state index is 12.2. The molecule has 4 rings (SSSR count). The molecule has 0 unspecified atom stereocenters. The van der Waals surface area contributed by atoms with Crippen LogP contribution < -0.4 is 18.9 Å². The minimum atomic E-state index is 0.204. The number of methoxy groups -OCH3 is 4. The molecule has 8 heteroatoms. The molecule has 0 fully saturated rings. The van der Waals surface area contributed by atoms with Gasteiger partial charge in [-0.15, -0.1) is 0 Å². The first-order chi connectivity index (χ1) is 19.5. The zero-order valence-electron chi connectivity index (χ0n) is 24.2. The van der Waals surface area contributed by atoms with E-state index in [0.717, 1.165) is 66.8 Å². The molecule has 0 atom stereocenters. The van der Waals surface area contributed by atoms with Crippen LogP contribution in [-0.4, -0.2) is 46.7 Å². The highest BCUT2D eigenvalue weighted by Gasteiger charge is 2.20. The number of ether oxygens (including phenoxy) is 4. The summed E-state index contributed by atoms with van der Waals surface area (Å²) in [5.74, 6) is 3.30. The highest BCUT2D eigenvalue weighted by Crippen LogP contribution is 2.42. The zero-order valence-corrected chi connectivity index (χ0v) is 24.2. The van der Waals surface area contributed by atoms with Gasteiger partial charge in [-0.3, -0.25) is 0 Å². The van der Waals surface area contributed by atoms with Crippen LogP contribution in [0.25, 0.3) is 21.5 Å². The van der Waals surface area contributed by atoms with E-state index in [-0.39, 0.29) is 18.3 Å². The number of fused-ring (bicyclic) bond motifs is 2. The fraction of sp³-hybridized carbons (Fsp3) is 0.375. The zero-order chi connectivity index (χ0) is 28.6. The van der Waals surface area contributed by atoms with Crippen LogP contribution in [0, 0.1) is 18.8 Å². The molecular weight excluding hydrogens is 510 g/mol. The van der Waals surface area contributed by atoms with Gasteiger partial charge in [0.15, 0.2) is 13.2 Å². The van der Waals surface area contributed by atoms with E-state index in [9.17, 15) is 4.91 Å². The van der Waals surface area contributed by atoms with Gasteiger partial charge in [-0.1, -0.05) is 48.5 Å². The van der Waals surface area contributed by atoms with Crippen LogP contribution in [0.4, 0.5) is 0 Å². The molecule has 0 aliphatic heterocycles. The van der Waals surface area contributed by atoms with Crippen LogP contribution in [0.5, 0.6) is 23.0 Å². The average molecular weight is 549 g/mol. The highest BCUT2D eigenvalue weighted by atomic mass is 17.0. The molecule has 0 aliphatic rings. The molecule has 0 radical (unpaired) electrons. The van der Waals surface area contributed by atoms with Crippen LogP contribution in [0.2, 0.25) is 0 Å². The van der Waals surface area contributed by atoms with Gasteiger partial charge in [0, 0.05) is 32.7 Å². The van der Waals surface area contributed by atoms with Gasteiger partial charge in [-0.2, -0.15) is 9.68 Å². The second kappa shape index (κ2) is 13.2. The first kappa shape index (κ1) is 28.8. The predicted octanol–water partition coefficient (Wildman–Crippen LogP) is 6.85. The Morgan fingerprint density at radius 2 is 0.875 bits per heavy atom. The summed E-state index contributed by atoms with van der Waals surface area (Å²) in [6.07, 6.45) is 2.53. The third kappa shape index (κ3) is 5.71. The molecule has 0 aromatic heterocycles. The maximum absolute atomic E-state index is 12.2. The first-order valence-corrected chi connectivity index (χ1v) is 13.4. The van der Waals surface area contributed by atoms with Crippen molar-refractivity contribution in [2.75, 3.05) is 41.7 Å². The van der Waals surface area contributed by atoms with Crippen molar-refractivity contribution in [2.24, 2.45) is 0 Å². The lowest BCUT2D eigenvalue weighted by molar-refractivity contribution is -0.981. The van der Waals surface area contributed by atoms with Crippen LogP contribution in [0.1, 0.15) is 35.1 Å². The SMILES string of the molecule is COc1c(C)c(CCCO[N+](=O)OCCCc2c(C)c(OC)c3ccccc3c2OC)c(OC)c2ccccc12. The second-order valence-electron chi connectivity index (χ2n) is 9.53. The van der Waals surface area contributed by atoms with Crippen molar-refractivity contribution in [1.82, 2.24) is 0 Å². The van der Waals surface area contributed by atoms with Crippen molar-refractivity contribution in [1.29, 1.82) is 0 Å². The molecule has 212 valence electrons. The van der Waals surface area contributed by atoms with Gasteiger partial charge in [0.2, 0.25) is 0 Å². The average Bonchev–Trinajstić information content (AvgIpc) is 2.97. The van der Waals surface area contributed by atoms with Gasteiger partial charge < -0.3 is 18.9 Å². The van der Waals surface area contributed by atoms with E-state index in [1.54, 1.807) is 28.4 Å². The van der Waals surface area contributed by atoms with Gasteiger partial charge in [0.05, 0.1) is 28.4 Å². The molecule has 0 aliphatic carbocycles. The van der Waals surface area contributed by atoms with Gasteiger partial charge in [0.25, 0.3) is 0 Å². The monoisotopic (exact) mass is 548 g/mol. The molecule has 0 saturated carbocycles. The largest absolute Gasteiger partial charge is 0.496 e. The number of hydrogen-bond acceptors (Lipinski definition) is 7. The molecular formula is C32H38NO7+. The van der Waals surface area contributed by atoms with Gasteiger partial charge in [0.1, 0.15) is 27.9 Å². The molecule has 0 spiro atoms. The Labute approximate surface area is 235 Å². The molecule has 0 N–H and O–H groups in total. The molecule has 0 saturated heterocycles. The standard InChI is InChI=1S/C32H38NO7/c1-21-23(31(37-5)27-15-9-7-13-25(27)29(21)35-3)17-11-19-39-33(34)40-20-12-18-24-22(2)30(36-4)26-14-8-10-16-28(26)32(24)38-6/h7-10,13-16H,11-12,17-20H2,1-6H3/q+1. The van der Waals surface area contributed by atoms with Crippen molar-refractivity contribution in [3.05, 3.63) is 75.7 Å². The number of nitrogens with zero attached hydrogens (tertiary/aromatic N) is 1. The second-order valence-corrected chi connectivity index (χ2v) is 9.53. The summed E-state index contributed by atoms with van der Waals surface area (Å²) in [5, 5.41) is 4.21. The Bertz CT molecular complexity index is 1390. The Morgan fingerprint density at radius 1 is 0.550 bits per heavy atom. The molecule has 4 aromatic carbocycles. The molecule has 0 bridgehead atoms. The van der Waals surface area contributed by atoms with Crippen LogP contribution in [0.3, 0.4) is 0 Å². The van der Waals surface area contributed by atoms with E-state index < -0.39 is 0 Å². The third-order valence-electron chi connectivity index (χ3n) is 7.32. The minimum Gasteiger partial charge on any atom is -0.496 e. The molecule has 40 heavy (non-hydrogen) atoms. The summed E-state index contributed by atoms with van der Waals surface area (Å²) in [5.41, 5.74) is 4.11. The lowest BCUT2D eigenvalue weighted by Crippen LogP contribution is -2.13. The van der Waals surface area contributed by atoms with E-state index in [1.807, 2.05) is 62.4 Å². The summed E-state index contributed by atoms with van der Waals surface area (Å²) in [4.78, 5) is 22.7. The molecule has 0 amide bonds. The summed E-state index contributed by atoms with van der Waals surface area (Å²) >= 11 is 0. The summed E-state index contributed by atoms with van der Waals surface area (Å²) in [6, 6.07) is 16.0. The topological polar surface area (TPSA) is 75.5 Å². The lowest BCUT2D eigenvalue weighted by atomic mass is 9.95. The summed E-state index contributed by atoms with van der Waals surface area (Å²) < 4.78 is 23.0. The Morgan fingerprint density at radius 3 is 1.20 bits per heavy atom. The number of rotatable bonds is 14. The molecule has 0 heterocycles. The van der Waals surface area contributed by atoms with Crippen molar-refractivity contribution >= 4 is 21.5 Å². The highest BCUT2D eigenvalue weighted by molar-refractivity contribution is 5.97. The number of hydrogen-bond donors (Lipinski definition) is 0. The van der Waals surface area contributed by atoms with Crippen molar-refractivity contribution < 1.29 is 33.7 Å². The molecule has 8 nitrogen and oxygen atoms in total. The fourth-order valence-electron chi connectivity index (χ4n) is 5.51. The van der Waals surface area contributed by atoms with Gasteiger partial charge in [-0.05, 0) is 50.7 Å². The van der Waals surface area contributed by atoms with Crippen LogP contribution in [-0.2, 0) is 22.5 Å². The minimum absolute atomic E-state index is 0.204. The Balaban J connectivity index is 1.31. The van der Waals surface area contributed by atoms with E-state index in [2.05, 4.69) is 0 Å². The Hall–Kier alpha value is -4.20. The number of benzene rings is 4. The molecule has 4 aromatic rings. The smallest absolute Gasteiger partial charge is 0.477 e. The van der Waals surface area contributed by atoms with Crippen molar-refractivity contribution in [3.8, 4) is 23.0 Å². The van der Waals surface area contributed by atoms with Crippen LogP contribution in [0.15, 0.2) is 48.5 Å². The van der Waals surface area contributed by atoms with E-state index in [0.29, 0.717) is 25.7 Å². The van der Waals surface area contributed by atoms with Crippen LogP contribution >= 0.6 is 0 Å². The summed E-state index contributed by atoms with van der Waals surface area (Å²) in [6.45, 7) is 4.45. The van der Waals surface area contributed by atoms with Gasteiger partial charge >= 0.3 is 5.09 Å². The van der Waals surface area contributed by atoms with E-state index >= 15 is 0 Å². The Kier molecular flexibility index (Phi) is 9.53. The van der Waals surface area contributed by atoms with E-state index in [1.165, 1.54) is 0 Å². The summed E-state index contributed by atoms with van der Waals surface area (Å²) in [7, 11) is 6.70. The lowest BCUT2D eigenvalue weighted by Gasteiger charge is -2.18.